The van der Waals surface area contributed by atoms with E-state index in [1.165, 1.54) is 25.4 Å². The van der Waals surface area contributed by atoms with Gasteiger partial charge in [-0.2, -0.15) is 0 Å². The van der Waals surface area contributed by atoms with E-state index in [0.717, 1.165) is 10.6 Å². The van der Waals surface area contributed by atoms with Gasteiger partial charge in [0.2, 0.25) is 11.8 Å². The van der Waals surface area contributed by atoms with Gasteiger partial charge in [-0.05, 0) is 18.2 Å². The average molecular weight is 403 g/mol. The molecule has 0 aliphatic carbocycles. The zero-order valence-corrected chi connectivity index (χ0v) is 16.4. The number of nitrogens with one attached hydrogen (secondary N) is 3. The van der Waals surface area contributed by atoms with Crippen molar-refractivity contribution in [2.45, 2.75) is 19.9 Å². The molecule has 0 bridgehead atoms. The van der Waals surface area contributed by atoms with Gasteiger partial charge in [0.05, 0.1) is 19.3 Å². The number of fused-ring (bicyclic) bond motifs is 1. The maximum Gasteiger partial charge on any atom is 0.413 e. The van der Waals surface area contributed by atoms with Gasteiger partial charge in [0.15, 0.2) is 5.13 Å². The van der Waals surface area contributed by atoms with Crippen LogP contribution in [0.3, 0.4) is 0 Å². The number of aromatic nitrogens is 1. The Morgan fingerprint density at radius 2 is 1.96 bits per heavy atom. The zero-order chi connectivity index (χ0) is 20.1. The first-order valence-electron chi connectivity index (χ1n) is 8.66. The number of nitrogens with zero attached hydrogens (tertiary/aromatic N) is 2. The first kappa shape index (κ1) is 19.8. The average Bonchev–Trinajstić information content (AvgIpc) is 3.02. The van der Waals surface area contributed by atoms with E-state index in [2.05, 4.69) is 25.7 Å². The number of methoxy groups -OCH3 is 1. The summed E-state index contributed by atoms with van der Waals surface area (Å²) >= 11 is 1.38. The summed E-state index contributed by atoms with van der Waals surface area (Å²) in [6.45, 7) is 2.96. The Labute approximate surface area is 166 Å². The van der Waals surface area contributed by atoms with Gasteiger partial charge in [0.25, 0.3) is 0 Å². The molecule has 1 aliphatic rings. The van der Waals surface area contributed by atoms with E-state index in [4.69, 9.17) is 0 Å². The van der Waals surface area contributed by atoms with Crippen LogP contribution < -0.4 is 16.0 Å². The fourth-order valence-electron chi connectivity index (χ4n) is 2.86. The second kappa shape index (κ2) is 8.81. The molecule has 3 amide bonds. The highest BCUT2D eigenvalue weighted by Gasteiger charge is 2.23. The Bertz CT molecular complexity index is 898. The Morgan fingerprint density at radius 3 is 2.68 bits per heavy atom. The van der Waals surface area contributed by atoms with Crippen LogP contribution in [0.25, 0.3) is 0 Å². The van der Waals surface area contributed by atoms with E-state index >= 15 is 0 Å². The van der Waals surface area contributed by atoms with E-state index in [1.54, 1.807) is 24.3 Å². The van der Waals surface area contributed by atoms with Crippen molar-refractivity contribution in [2.24, 2.45) is 0 Å². The third-order valence-electron chi connectivity index (χ3n) is 4.04. The summed E-state index contributed by atoms with van der Waals surface area (Å²) in [5.41, 5.74) is 2.19. The van der Waals surface area contributed by atoms with Gasteiger partial charge in [0.1, 0.15) is 0 Å². The number of rotatable bonds is 5. The number of benzene rings is 1. The third-order valence-corrected chi connectivity index (χ3v) is 5.04. The van der Waals surface area contributed by atoms with Gasteiger partial charge in [-0.15, -0.1) is 0 Å². The molecule has 3 rings (SSSR count). The van der Waals surface area contributed by atoms with Crippen molar-refractivity contribution in [3.05, 3.63) is 34.8 Å². The van der Waals surface area contributed by atoms with Crippen LogP contribution in [0.15, 0.2) is 24.3 Å². The largest absolute Gasteiger partial charge is 0.453 e. The fraction of sp³-hybridized carbons (Fsp3) is 0.333. The van der Waals surface area contributed by atoms with Crippen molar-refractivity contribution in [3.8, 4) is 0 Å². The SMILES string of the molecule is COC(=O)Nc1nc2c(s1)CN(CC(=O)Nc1cccc(NC(C)=O)c1)CC2. The summed E-state index contributed by atoms with van der Waals surface area (Å²) in [7, 11) is 1.30. The Hall–Kier alpha value is -2.98. The van der Waals surface area contributed by atoms with Crippen LogP contribution in [0.4, 0.5) is 21.3 Å². The lowest BCUT2D eigenvalue weighted by Gasteiger charge is -2.25. The van der Waals surface area contributed by atoms with E-state index in [9.17, 15) is 14.4 Å². The first-order chi connectivity index (χ1) is 13.4. The summed E-state index contributed by atoms with van der Waals surface area (Å²) in [4.78, 5) is 42.3. The van der Waals surface area contributed by atoms with Crippen LogP contribution in [-0.2, 0) is 27.3 Å². The van der Waals surface area contributed by atoms with Gasteiger partial charge in [-0.25, -0.2) is 9.78 Å². The zero-order valence-electron chi connectivity index (χ0n) is 15.6. The summed E-state index contributed by atoms with van der Waals surface area (Å²) in [6.07, 6.45) is 0.156. The molecule has 3 N–H and O–H groups in total. The smallest absolute Gasteiger partial charge is 0.413 e. The quantitative estimate of drug-likeness (QED) is 0.706. The Morgan fingerprint density at radius 1 is 1.21 bits per heavy atom. The molecule has 2 heterocycles. The van der Waals surface area contributed by atoms with Crippen molar-refractivity contribution in [1.82, 2.24) is 9.88 Å². The van der Waals surface area contributed by atoms with Crippen LogP contribution in [0.5, 0.6) is 0 Å². The number of carbonyl (C=O) groups is 3. The van der Waals surface area contributed by atoms with Gasteiger partial charge in [0, 0.05) is 42.7 Å². The normalized spacial score (nSPS) is 13.4. The number of ether oxygens (including phenoxy) is 1. The monoisotopic (exact) mass is 403 g/mol. The van der Waals surface area contributed by atoms with Crippen molar-refractivity contribution >= 4 is 45.8 Å². The van der Waals surface area contributed by atoms with Crippen LogP contribution in [0.1, 0.15) is 17.5 Å². The lowest BCUT2D eigenvalue weighted by atomic mass is 10.2. The van der Waals surface area contributed by atoms with Gasteiger partial charge in [-0.3, -0.25) is 19.8 Å². The van der Waals surface area contributed by atoms with E-state index < -0.39 is 6.09 Å². The molecule has 1 aliphatic heterocycles. The molecule has 0 unspecified atom stereocenters. The second-order valence-corrected chi connectivity index (χ2v) is 7.36. The summed E-state index contributed by atoms with van der Waals surface area (Å²) in [5.74, 6) is -0.306. The standard InChI is InChI=1S/C18H21N5O4S/c1-11(24)19-12-4-3-5-13(8-12)20-16(25)10-23-7-6-14-15(9-23)28-17(21-14)22-18(26)27-2/h3-5,8H,6-7,9-10H2,1-2H3,(H,19,24)(H,20,25)(H,21,22,26). The molecule has 9 nitrogen and oxygen atoms in total. The lowest BCUT2D eigenvalue weighted by molar-refractivity contribution is -0.117. The van der Waals surface area contributed by atoms with Gasteiger partial charge in [-0.1, -0.05) is 17.4 Å². The van der Waals surface area contributed by atoms with Crippen molar-refractivity contribution in [2.75, 3.05) is 36.1 Å². The Kier molecular flexibility index (Phi) is 6.22. The molecule has 0 saturated carbocycles. The van der Waals surface area contributed by atoms with Gasteiger partial charge >= 0.3 is 6.09 Å². The van der Waals surface area contributed by atoms with E-state index in [1.807, 2.05) is 4.90 Å². The number of amides is 3. The molecule has 10 heteroatoms. The van der Waals surface area contributed by atoms with Crippen LogP contribution in [0.2, 0.25) is 0 Å². The van der Waals surface area contributed by atoms with Crippen molar-refractivity contribution in [1.29, 1.82) is 0 Å². The minimum absolute atomic E-state index is 0.138. The molecule has 0 saturated heterocycles. The molecule has 2 aromatic rings. The topological polar surface area (TPSA) is 113 Å². The number of thiazole rings is 1. The highest BCUT2D eigenvalue weighted by molar-refractivity contribution is 7.15. The third kappa shape index (κ3) is 5.27. The second-order valence-electron chi connectivity index (χ2n) is 6.28. The molecule has 0 fully saturated rings. The highest BCUT2D eigenvalue weighted by atomic mass is 32.1. The molecule has 28 heavy (non-hydrogen) atoms. The first-order valence-corrected chi connectivity index (χ1v) is 9.48. The van der Waals surface area contributed by atoms with Crippen LogP contribution in [0, 0.1) is 0 Å². The predicted octanol–water partition coefficient (Wildman–Crippen LogP) is 2.28. The maximum atomic E-state index is 12.4. The predicted molar refractivity (Wildman–Crippen MR) is 106 cm³/mol. The molecular weight excluding hydrogens is 382 g/mol. The number of carbonyl (C=O) groups excluding carboxylic acids is 3. The lowest BCUT2D eigenvalue weighted by Crippen LogP contribution is -2.36. The minimum atomic E-state index is -0.552. The number of anilines is 3. The molecule has 0 spiro atoms. The number of hydrogen-bond donors (Lipinski definition) is 3. The molecule has 0 atom stereocenters. The van der Waals surface area contributed by atoms with Crippen molar-refractivity contribution < 1.29 is 19.1 Å². The maximum absolute atomic E-state index is 12.4. The Balaban J connectivity index is 1.56. The summed E-state index contributed by atoms with van der Waals surface area (Å²) < 4.78 is 4.58. The number of hydrogen-bond acceptors (Lipinski definition) is 7. The molecule has 1 aromatic heterocycles. The molecule has 0 radical (unpaired) electrons. The van der Waals surface area contributed by atoms with Crippen LogP contribution >= 0.6 is 11.3 Å². The van der Waals surface area contributed by atoms with Crippen LogP contribution in [-0.4, -0.2) is 48.0 Å². The van der Waals surface area contributed by atoms with Crippen molar-refractivity contribution in [3.63, 3.8) is 0 Å². The summed E-state index contributed by atoms with van der Waals surface area (Å²) in [5, 5.41) is 8.61. The highest BCUT2D eigenvalue weighted by Crippen LogP contribution is 2.28. The fourth-order valence-corrected chi connectivity index (χ4v) is 3.89. The summed E-state index contributed by atoms with van der Waals surface area (Å²) in [6, 6.07) is 7.00. The molecule has 1 aromatic carbocycles. The van der Waals surface area contributed by atoms with Gasteiger partial charge < -0.3 is 15.4 Å². The molecular formula is C18H21N5O4S. The van der Waals surface area contributed by atoms with E-state index in [0.29, 0.717) is 36.0 Å². The minimum Gasteiger partial charge on any atom is -0.453 e. The molecule has 148 valence electrons. The van der Waals surface area contributed by atoms with E-state index in [-0.39, 0.29) is 18.4 Å².